The maximum Gasteiger partial charge on any atom is 0.345 e. The van der Waals surface area contributed by atoms with Gasteiger partial charge in [-0.3, -0.25) is 0 Å². The molecule has 0 aliphatic carbocycles. The smallest absolute Gasteiger partial charge is 0.345 e. The summed E-state index contributed by atoms with van der Waals surface area (Å²) in [6.07, 6.45) is 1.47. The van der Waals surface area contributed by atoms with E-state index in [4.69, 9.17) is 9.47 Å². The molecular weight excluding hydrogens is 373 g/mol. The van der Waals surface area contributed by atoms with E-state index in [0.29, 0.717) is 41.4 Å². The van der Waals surface area contributed by atoms with E-state index < -0.39 is 21.6 Å². The van der Waals surface area contributed by atoms with Crippen LogP contribution in [0.25, 0.3) is 0 Å². The van der Waals surface area contributed by atoms with Crippen LogP contribution in [0.4, 0.5) is 4.39 Å². The maximum atomic E-state index is 14.0. The number of fused-ring (bicyclic) bond motifs is 1. The van der Waals surface area contributed by atoms with Gasteiger partial charge < -0.3 is 14.2 Å². The molecule has 2 heterocycles. The number of rotatable bonds is 5. The summed E-state index contributed by atoms with van der Waals surface area (Å²) >= 11 is 0.623. The Morgan fingerprint density at radius 2 is 2.20 bits per heavy atom. The average Bonchev–Trinajstić information content (AvgIpc) is 3.18. The predicted octanol–water partition coefficient (Wildman–Crippen LogP) is 1.99. The van der Waals surface area contributed by atoms with Crippen molar-refractivity contribution < 1.29 is 31.8 Å². The number of methoxy groups -OCH3 is 1. The number of carbonyl (C=O) groups excluding carboxylic acids is 1. The number of sulfone groups is 1. The van der Waals surface area contributed by atoms with Crippen molar-refractivity contribution in [3.05, 3.63) is 34.6 Å². The summed E-state index contributed by atoms with van der Waals surface area (Å²) in [5.74, 6) is -0.967. The number of aromatic nitrogens is 1. The number of esters is 1. The fraction of sp³-hybridized carbons (Fsp3) is 0.333. The number of halogens is 1. The van der Waals surface area contributed by atoms with Gasteiger partial charge in [-0.2, -0.15) is 4.37 Å². The molecule has 10 heteroatoms. The minimum atomic E-state index is -3.67. The van der Waals surface area contributed by atoms with Crippen molar-refractivity contribution in [3.63, 3.8) is 0 Å². The van der Waals surface area contributed by atoms with Gasteiger partial charge in [-0.15, -0.1) is 0 Å². The Balaban J connectivity index is 1.88. The second-order valence-electron chi connectivity index (χ2n) is 5.36. The number of ether oxygens (including phenoxy) is 3. The Kier molecular flexibility index (Phi) is 4.65. The van der Waals surface area contributed by atoms with Crippen molar-refractivity contribution in [3.8, 4) is 11.6 Å². The Hall–Kier alpha value is -2.20. The van der Waals surface area contributed by atoms with Gasteiger partial charge in [-0.25, -0.2) is 17.6 Å². The molecule has 0 N–H and O–H groups in total. The molecule has 3 rings (SSSR count). The summed E-state index contributed by atoms with van der Waals surface area (Å²) in [5.41, 5.74) is 0.739. The molecule has 1 aliphatic heterocycles. The standard InChI is InChI=1S/C15H14FNO6S2/c1-21-14(18)12-13(17-24-15(12)25(2,19)20)23-7-8-5-10(16)9-3-4-22-11(9)6-8/h5-6H,3-4,7H2,1-2H3. The minimum absolute atomic E-state index is 0.107. The molecule has 1 aromatic carbocycles. The van der Waals surface area contributed by atoms with E-state index in [2.05, 4.69) is 9.11 Å². The molecular formula is C15H14FNO6S2. The minimum Gasteiger partial charge on any atom is -0.493 e. The van der Waals surface area contributed by atoms with Crippen LogP contribution >= 0.6 is 11.5 Å². The molecule has 0 unspecified atom stereocenters. The van der Waals surface area contributed by atoms with Crippen LogP contribution in [-0.2, 0) is 27.6 Å². The molecule has 1 aliphatic rings. The monoisotopic (exact) mass is 387 g/mol. The highest BCUT2D eigenvalue weighted by atomic mass is 32.2. The normalized spacial score (nSPS) is 13.2. The Bertz CT molecular complexity index is 938. The summed E-state index contributed by atoms with van der Waals surface area (Å²) in [6, 6.07) is 2.96. The van der Waals surface area contributed by atoms with Crippen LogP contribution in [0.1, 0.15) is 21.5 Å². The number of carbonyl (C=O) groups is 1. The molecule has 0 spiro atoms. The number of hydrogen-bond acceptors (Lipinski definition) is 8. The highest BCUT2D eigenvalue weighted by molar-refractivity contribution is 7.92. The van der Waals surface area contributed by atoms with Gasteiger partial charge in [0.2, 0.25) is 5.88 Å². The lowest BCUT2D eigenvalue weighted by atomic mass is 10.1. The van der Waals surface area contributed by atoms with E-state index in [0.717, 1.165) is 13.4 Å². The van der Waals surface area contributed by atoms with Crippen LogP contribution in [0.2, 0.25) is 0 Å². The first kappa shape index (κ1) is 17.6. The quantitative estimate of drug-likeness (QED) is 0.725. The third-order valence-corrected chi connectivity index (χ3v) is 6.19. The van der Waals surface area contributed by atoms with Crippen LogP contribution in [-0.4, -0.2) is 38.7 Å². The molecule has 134 valence electrons. The third kappa shape index (κ3) is 3.45. The molecule has 7 nitrogen and oxygen atoms in total. The van der Waals surface area contributed by atoms with Crippen LogP contribution in [0.15, 0.2) is 16.3 Å². The first-order valence-electron chi connectivity index (χ1n) is 7.16. The van der Waals surface area contributed by atoms with Gasteiger partial charge in [0, 0.05) is 18.2 Å². The topological polar surface area (TPSA) is 91.8 Å². The number of benzene rings is 1. The lowest BCUT2D eigenvalue weighted by molar-refractivity contribution is 0.0591. The van der Waals surface area contributed by atoms with E-state index in [1.54, 1.807) is 6.07 Å². The van der Waals surface area contributed by atoms with Gasteiger partial charge in [-0.1, -0.05) is 0 Å². The fourth-order valence-electron chi connectivity index (χ4n) is 2.42. The van der Waals surface area contributed by atoms with Crippen LogP contribution < -0.4 is 9.47 Å². The van der Waals surface area contributed by atoms with Gasteiger partial charge in [0.25, 0.3) is 0 Å². The second-order valence-corrected chi connectivity index (χ2v) is 8.34. The van der Waals surface area contributed by atoms with Crippen LogP contribution in [0, 0.1) is 5.82 Å². The largest absolute Gasteiger partial charge is 0.493 e. The van der Waals surface area contributed by atoms with Crippen molar-refractivity contribution >= 4 is 27.3 Å². The summed E-state index contributed by atoms with van der Waals surface area (Å²) in [4.78, 5) is 11.9. The predicted molar refractivity (Wildman–Crippen MR) is 86.5 cm³/mol. The molecule has 0 saturated carbocycles. The molecule has 0 fully saturated rings. The van der Waals surface area contributed by atoms with E-state index in [9.17, 15) is 17.6 Å². The van der Waals surface area contributed by atoms with Gasteiger partial charge in [0.1, 0.15) is 18.2 Å². The van der Waals surface area contributed by atoms with E-state index in [1.165, 1.54) is 6.07 Å². The van der Waals surface area contributed by atoms with Crippen molar-refractivity contribution in [2.24, 2.45) is 0 Å². The van der Waals surface area contributed by atoms with Gasteiger partial charge >= 0.3 is 5.97 Å². The van der Waals surface area contributed by atoms with Gasteiger partial charge in [0.05, 0.1) is 13.7 Å². The summed E-state index contributed by atoms with van der Waals surface area (Å²) < 4.78 is 56.6. The Morgan fingerprint density at radius 3 is 2.88 bits per heavy atom. The SMILES string of the molecule is COC(=O)c1c(OCc2cc(F)c3c(c2)OCC3)nsc1S(C)(=O)=O. The van der Waals surface area contributed by atoms with E-state index in [-0.39, 0.29) is 22.3 Å². The lowest BCUT2D eigenvalue weighted by Crippen LogP contribution is -2.09. The van der Waals surface area contributed by atoms with Crippen LogP contribution in [0.5, 0.6) is 11.6 Å². The zero-order valence-corrected chi connectivity index (χ0v) is 15.0. The number of hydrogen-bond donors (Lipinski definition) is 0. The van der Waals surface area contributed by atoms with Crippen LogP contribution in [0.3, 0.4) is 0 Å². The third-order valence-electron chi connectivity index (χ3n) is 3.56. The Morgan fingerprint density at radius 1 is 1.44 bits per heavy atom. The zero-order valence-electron chi connectivity index (χ0n) is 13.4. The summed E-state index contributed by atoms with van der Waals surface area (Å²) in [6.45, 7) is 0.317. The van der Waals surface area contributed by atoms with Crippen molar-refractivity contribution in [2.75, 3.05) is 20.0 Å². The fourth-order valence-corrected chi connectivity index (χ4v) is 4.19. The zero-order chi connectivity index (χ0) is 18.2. The summed E-state index contributed by atoms with van der Waals surface area (Å²) in [7, 11) is -2.54. The molecule has 0 atom stereocenters. The van der Waals surface area contributed by atoms with Crippen molar-refractivity contribution in [1.82, 2.24) is 4.37 Å². The maximum absolute atomic E-state index is 14.0. The molecule has 0 radical (unpaired) electrons. The van der Waals surface area contributed by atoms with Gasteiger partial charge in [0.15, 0.2) is 19.6 Å². The Labute approximate surface area is 147 Å². The molecule has 0 saturated heterocycles. The molecule has 2 aromatic rings. The van der Waals surface area contributed by atoms with E-state index in [1.807, 2.05) is 0 Å². The van der Waals surface area contributed by atoms with Gasteiger partial charge in [-0.05, 0) is 29.2 Å². The first-order chi connectivity index (χ1) is 11.8. The second kappa shape index (κ2) is 6.60. The molecule has 0 amide bonds. The highest BCUT2D eigenvalue weighted by Crippen LogP contribution is 2.32. The lowest BCUT2D eigenvalue weighted by Gasteiger charge is -2.08. The first-order valence-corrected chi connectivity index (χ1v) is 9.82. The molecule has 0 bridgehead atoms. The van der Waals surface area contributed by atoms with E-state index >= 15 is 0 Å². The molecule has 1 aromatic heterocycles. The number of nitrogens with zero attached hydrogens (tertiary/aromatic N) is 1. The molecule has 25 heavy (non-hydrogen) atoms. The highest BCUT2D eigenvalue weighted by Gasteiger charge is 2.29. The van der Waals surface area contributed by atoms with Crippen molar-refractivity contribution in [2.45, 2.75) is 17.2 Å². The summed E-state index contributed by atoms with van der Waals surface area (Å²) in [5, 5.41) is 0. The average molecular weight is 387 g/mol. The van der Waals surface area contributed by atoms with Crippen molar-refractivity contribution in [1.29, 1.82) is 0 Å².